The molecule has 1 atom stereocenters. The van der Waals surface area contributed by atoms with E-state index in [0.717, 1.165) is 0 Å². The normalized spacial score (nSPS) is 13.2. The predicted molar refractivity (Wildman–Crippen MR) is 67.0 cm³/mol. The summed E-state index contributed by atoms with van der Waals surface area (Å²) >= 11 is 0. The quantitative estimate of drug-likeness (QED) is 0.555. The molecule has 0 radical (unpaired) electrons. The fraction of sp³-hybridized carbons (Fsp3) is 0.909. The molecule has 0 heterocycles. The minimum Gasteiger partial charge on any atom is -0.444 e. The van der Waals surface area contributed by atoms with Gasteiger partial charge in [0.05, 0.1) is 6.61 Å². The van der Waals surface area contributed by atoms with Crippen LogP contribution in [0.15, 0.2) is 0 Å². The minimum atomic E-state index is -0.480. The molecule has 0 aliphatic heterocycles. The Hall–Kier alpha value is -0.850. The van der Waals surface area contributed by atoms with Crippen LogP contribution in [0.2, 0.25) is 0 Å². The number of amides is 1. The van der Waals surface area contributed by atoms with Crippen molar-refractivity contribution in [1.82, 2.24) is 10.6 Å². The number of hydrogen-bond donors (Lipinski definition) is 3. The van der Waals surface area contributed by atoms with Crippen LogP contribution in [-0.2, 0) is 9.47 Å². The van der Waals surface area contributed by atoms with Crippen molar-refractivity contribution in [3.63, 3.8) is 0 Å². The molecule has 0 rings (SSSR count). The molecule has 0 aliphatic rings. The van der Waals surface area contributed by atoms with E-state index in [1.54, 1.807) is 7.11 Å². The Morgan fingerprint density at radius 3 is 2.53 bits per heavy atom. The van der Waals surface area contributed by atoms with Crippen LogP contribution in [0, 0.1) is 0 Å². The first kappa shape index (κ1) is 16.1. The third-order valence-corrected chi connectivity index (χ3v) is 1.92. The van der Waals surface area contributed by atoms with Crippen molar-refractivity contribution in [1.29, 1.82) is 0 Å². The summed E-state index contributed by atoms with van der Waals surface area (Å²) < 4.78 is 10.0. The van der Waals surface area contributed by atoms with Crippen molar-refractivity contribution in [3.8, 4) is 0 Å². The van der Waals surface area contributed by atoms with Crippen LogP contribution >= 0.6 is 0 Å². The molecule has 6 heteroatoms. The van der Waals surface area contributed by atoms with E-state index in [0.29, 0.717) is 26.2 Å². The van der Waals surface area contributed by atoms with E-state index >= 15 is 0 Å². The molecule has 0 aromatic rings. The Balaban J connectivity index is 3.78. The van der Waals surface area contributed by atoms with Crippen LogP contribution in [0.4, 0.5) is 4.79 Å². The average Bonchev–Trinajstić information content (AvgIpc) is 2.20. The predicted octanol–water partition coefficient (Wildman–Crippen LogP) is 0.0744. The average molecular weight is 247 g/mol. The fourth-order valence-corrected chi connectivity index (χ4v) is 1.12. The third kappa shape index (κ3) is 10.0. The maximum absolute atomic E-state index is 11.4. The number of carbonyl (C=O) groups is 1. The lowest BCUT2D eigenvalue weighted by Crippen LogP contribution is -2.47. The second-order valence-corrected chi connectivity index (χ2v) is 4.76. The van der Waals surface area contributed by atoms with Crippen LogP contribution in [0.5, 0.6) is 0 Å². The summed E-state index contributed by atoms with van der Waals surface area (Å²) in [7, 11) is 1.64. The second kappa shape index (κ2) is 8.27. The molecule has 1 amide bonds. The highest BCUT2D eigenvalue weighted by Crippen LogP contribution is 2.06. The maximum atomic E-state index is 11.4. The topological polar surface area (TPSA) is 85.6 Å². The first-order valence-electron chi connectivity index (χ1n) is 5.78. The monoisotopic (exact) mass is 247 g/mol. The van der Waals surface area contributed by atoms with Crippen LogP contribution in [0.1, 0.15) is 20.8 Å². The molecule has 0 saturated carbocycles. The van der Waals surface area contributed by atoms with E-state index < -0.39 is 11.7 Å². The number of hydrogen-bond acceptors (Lipinski definition) is 5. The van der Waals surface area contributed by atoms with Crippen molar-refractivity contribution in [2.45, 2.75) is 32.4 Å². The zero-order valence-electron chi connectivity index (χ0n) is 11.2. The lowest BCUT2D eigenvalue weighted by atomic mass is 10.2. The smallest absolute Gasteiger partial charge is 0.407 e. The zero-order chi connectivity index (χ0) is 13.3. The number of rotatable bonds is 7. The first-order chi connectivity index (χ1) is 7.89. The van der Waals surface area contributed by atoms with E-state index in [1.165, 1.54) is 0 Å². The van der Waals surface area contributed by atoms with Gasteiger partial charge in [0.15, 0.2) is 0 Å². The van der Waals surface area contributed by atoms with Gasteiger partial charge in [0.25, 0.3) is 0 Å². The molecular formula is C11H25N3O3. The van der Waals surface area contributed by atoms with Crippen molar-refractivity contribution >= 4 is 6.09 Å². The van der Waals surface area contributed by atoms with Gasteiger partial charge in [-0.15, -0.1) is 0 Å². The van der Waals surface area contributed by atoms with Gasteiger partial charge in [-0.25, -0.2) is 4.79 Å². The summed E-state index contributed by atoms with van der Waals surface area (Å²) in [6.45, 7) is 7.67. The van der Waals surface area contributed by atoms with Crippen LogP contribution in [0.3, 0.4) is 0 Å². The molecule has 0 aromatic carbocycles. The minimum absolute atomic E-state index is 0.0256. The lowest BCUT2D eigenvalue weighted by molar-refractivity contribution is 0.0522. The molecular weight excluding hydrogens is 222 g/mol. The molecule has 4 N–H and O–H groups in total. The Kier molecular flexibility index (Phi) is 7.86. The number of nitrogens with one attached hydrogen (secondary N) is 2. The van der Waals surface area contributed by atoms with Gasteiger partial charge in [0, 0.05) is 32.8 Å². The van der Waals surface area contributed by atoms with Gasteiger partial charge in [0.1, 0.15) is 5.60 Å². The summed E-state index contributed by atoms with van der Waals surface area (Å²) in [4.78, 5) is 11.4. The summed E-state index contributed by atoms with van der Waals surface area (Å²) in [6.07, 6.45) is -0.426. The Labute approximate surface area is 103 Å². The summed E-state index contributed by atoms with van der Waals surface area (Å²) in [5, 5.41) is 5.84. The third-order valence-electron chi connectivity index (χ3n) is 1.92. The standard InChI is InChI=1S/C11H25N3O3/c1-11(2,3)17-10(15)14-8-9(7-12)13-5-6-16-4/h9,13H,5-8,12H2,1-4H3,(H,14,15). The highest BCUT2D eigenvalue weighted by atomic mass is 16.6. The van der Waals surface area contributed by atoms with E-state index in [-0.39, 0.29) is 6.04 Å². The molecule has 0 bridgehead atoms. The van der Waals surface area contributed by atoms with Crippen LogP contribution < -0.4 is 16.4 Å². The number of ether oxygens (including phenoxy) is 2. The van der Waals surface area contributed by atoms with Crippen molar-refractivity contribution in [3.05, 3.63) is 0 Å². The first-order valence-corrected chi connectivity index (χ1v) is 5.78. The Bertz CT molecular complexity index is 216. The molecule has 0 spiro atoms. The number of methoxy groups -OCH3 is 1. The van der Waals surface area contributed by atoms with Crippen LogP contribution in [-0.4, -0.2) is 51.1 Å². The Morgan fingerprint density at radius 2 is 2.06 bits per heavy atom. The van der Waals surface area contributed by atoms with E-state index in [4.69, 9.17) is 15.2 Å². The molecule has 102 valence electrons. The van der Waals surface area contributed by atoms with Gasteiger partial charge < -0.3 is 25.8 Å². The van der Waals surface area contributed by atoms with Crippen LogP contribution in [0.25, 0.3) is 0 Å². The molecule has 17 heavy (non-hydrogen) atoms. The van der Waals surface area contributed by atoms with E-state index in [1.807, 2.05) is 20.8 Å². The van der Waals surface area contributed by atoms with Gasteiger partial charge in [-0.1, -0.05) is 0 Å². The molecule has 0 aromatic heterocycles. The highest BCUT2D eigenvalue weighted by Gasteiger charge is 2.16. The van der Waals surface area contributed by atoms with Gasteiger partial charge >= 0.3 is 6.09 Å². The number of nitrogens with two attached hydrogens (primary N) is 1. The fourth-order valence-electron chi connectivity index (χ4n) is 1.12. The van der Waals surface area contributed by atoms with Gasteiger partial charge in [-0.2, -0.15) is 0 Å². The lowest BCUT2D eigenvalue weighted by Gasteiger charge is -2.22. The number of alkyl carbamates (subject to hydrolysis) is 1. The summed E-state index contributed by atoms with van der Waals surface area (Å²) in [5.74, 6) is 0. The second-order valence-electron chi connectivity index (χ2n) is 4.76. The van der Waals surface area contributed by atoms with Gasteiger partial charge in [0.2, 0.25) is 0 Å². The largest absolute Gasteiger partial charge is 0.444 e. The zero-order valence-corrected chi connectivity index (χ0v) is 11.2. The van der Waals surface area contributed by atoms with Gasteiger partial charge in [-0.3, -0.25) is 0 Å². The molecule has 0 fully saturated rings. The van der Waals surface area contributed by atoms with E-state index in [2.05, 4.69) is 10.6 Å². The molecule has 1 unspecified atom stereocenters. The molecule has 0 aliphatic carbocycles. The van der Waals surface area contributed by atoms with Crippen molar-refractivity contribution in [2.24, 2.45) is 5.73 Å². The summed E-state index contributed by atoms with van der Waals surface area (Å²) in [5.41, 5.74) is 5.09. The SMILES string of the molecule is COCCNC(CN)CNC(=O)OC(C)(C)C. The Morgan fingerprint density at radius 1 is 1.41 bits per heavy atom. The van der Waals surface area contributed by atoms with E-state index in [9.17, 15) is 4.79 Å². The molecule has 6 nitrogen and oxygen atoms in total. The number of carbonyl (C=O) groups excluding carboxylic acids is 1. The maximum Gasteiger partial charge on any atom is 0.407 e. The van der Waals surface area contributed by atoms with Gasteiger partial charge in [-0.05, 0) is 20.8 Å². The highest BCUT2D eigenvalue weighted by molar-refractivity contribution is 5.67. The van der Waals surface area contributed by atoms with Crippen molar-refractivity contribution in [2.75, 3.05) is 33.4 Å². The molecule has 0 saturated heterocycles. The summed E-state index contributed by atoms with van der Waals surface area (Å²) in [6, 6.07) is 0.0256. The van der Waals surface area contributed by atoms with Crippen molar-refractivity contribution < 1.29 is 14.3 Å².